The number of rotatable bonds is 9. The van der Waals surface area contributed by atoms with E-state index in [1.165, 1.54) is 25.7 Å². The zero-order valence-electron chi connectivity index (χ0n) is 13.1. The van der Waals surface area contributed by atoms with E-state index < -0.39 is 0 Å². The standard InChI is InChI=1S/C15H27BrN4/c1-5-7-8-9-15(3,4)10-18-14-12(16)13(17-6-2)19-11-20-14/h11H,5-10H2,1-4H3,(H2,17,18,19,20). The van der Waals surface area contributed by atoms with Crippen LogP contribution in [0.5, 0.6) is 0 Å². The zero-order valence-corrected chi connectivity index (χ0v) is 14.7. The lowest BCUT2D eigenvalue weighted by Crippen LogP contribution is -2.23. The summed E-state index contributed by atoms with van der Waals surface area (Å²) in [5.41, 5.74) is 0.276. The molecule has 0 atom stereocenters. The monoisotopic (exact) mass is 342 g/mol. The molecule has 0 amide bonds. The molecule has 2 N–H and O–H groups in total. The average Bonchev–Trinajstić information content (AvgIpc) is 2.40. The van der Waals surface area contributed by atoms with Gasteiger partial charge in [-0.15, -0.1) is 0 Å². The van der Waals surface area contributed by atoms with E-state index in [1.54, 1.807) is 6.33 Å². The van der Waals surface area contributed by atoms with Crippen molar-refractivity contribution < 1.29 is 0 Å². The average molecular weight is 343 g/mol. The van der Waals surface area contributed by atoms with Crippen LogP contribution in [-0.4, -0.2) is 23.1 Å². The van der Waals surface area contributed by atoms with Crippen molar-refractivity contribution in [3.63, 3.8) is 0 Å². The molecule has 0 unspecified atom stereocenters. The molecule has 1 aromatic heterocycles. The fourth-order valence-electron chi connectivity index (χ4n) is 2.05. The highest BCUT2D eigenvalue weighted by Gasteiger charge is 2.18. The Hall–Kier alpha value is -0.840. The van der Waals surface area contributed by atoms with Gasteiger partial charge in [-0.05, 0) is 34.7 Å². The van der Waals surface area contributed by atoms with Gasteiger partial charge in [0, 0.05) is 13.1 Å². The van der Waals surface area contributed by atoms with Gasteiger partial charge in [0.2, 0.25) is 0 Å². The second-order valence-electron chi connectivity index (χ2n) is 5.89. The Kier molecular flexibility index (Phi) is 7.27. The van der Waals surface area contributed by atoms with Crippen LogP contribution in [0.4, 0.5) is 11.6 Å². The molecule has 0 bridgehead atoms. The van der Waals surface area contributed by atoms with Crippen molar-refractivity contribution in [2.45, 2.75) is 53.4 Å². The first-order valence-corrected chi connectivity index (χ1v) is 8.27. The predicted octanol–water partition coefficient (Wildman–Crippen LogP) is 4.69. The fourth-order valence-corrected chi connectivity index (χ4v) is 2.53. The summed E-state index contributed by atoms with van der Waals surface area (Å²) >= 11 is 3.56. The molecule has 1 heterocycles. The van der Waals surface area contributed by atoms with Crippen molar-refractivity contribution in [3.05, 3.63) is 10.8 Å². The minimum atomic E-state index is 0.276. The second-order valence-corrected chi connectivity index (χ2v) is 6.68. The number of halogens is 1. The molecule has 0 aromatic carbocycles. The number of hydrogen-bond donors (Lipinski definition) is 2. The summed E-state index contributed by atoms with van der Waals surface area (Å²) in [5.74, 6) is 1.70. The fraction of sp³-hybridized carbons (Fsp3) is 0.733. The molecule has 0 spiro atoms. The third-order valence-corrected chi connectivity index (χ3v) is 4.08. The van der Waals surface area contributed by atoms with Crippen LogP contribution in [0.15, 0.2) is 10.8 Å². The molecule has 0 aliphatic heterocycles. The highest BCUT2D eigenvalue weighted by molar-refractivity contribution is 9.10. The molecule has 0 aliphatic rings. The van der Waals surface area contributed by atoms with E-state index in [0.717, 1.165) is 29.2 Å². The number of hydrogen-bond acceptors (Lipinski definition) is 4. The maximum atomic E-state index is 4.31. The summed E-state index contributed by atoms with van der Waals surface area (Å²) in [5, 5.41) is 6.66. The topological polar surface area (TPSA) is 49.8 Å². The van der Waals surface area contributed by atoms with Gasteiger partial charge in [-0.3, -0.25) is 0 Å². The molecule has 0 saturated heterocycles. The van der Waals surface area contributed by atoms with E-state index in [1.807, 2.05) is 0 Å². The van der Waals surface area contributed by atoms with Crippen LogP contribution in [0, 0.1) is 5.41 Å². The summed E-state index contributed by atoms with van der Waals surface area (Å²) in [6, 6.07) is 0. The van der Waals surface area contributed by atoms with Gasteiger partial charge in [0.25, 0.3) is 0 Å². The molecule has 4 nitrogen and oxygen atoms in total. The SMILES string of the molecule is CCCCCC(C)(C)CNc1ncnc(NCC)c1Br. The molecule has 0 saturated carbocycles. The summed E-state index contributed by atoms with van der Waals surface area (Å²) in [6.07, 6.45) is 6.70. The smallest absolute Gasteiger partial charge is 0.145 e. The lowest BCUT2D eigenvalue weighted by Gasteiger charge is -2.25. The molecule has 1 rings (SSSR count). The van der Waals surface area contributed by atoms with Gasteiger partial charge in [0.15, 0.2) is 0 Å². The van der Waals surface area contributed by atoms with E-state index in [9.17, 15) is 0 Å². The van der Waals surface area contributed by atoms with Gasteiger partial charge in [0.05, 0.1) is 0 Å². The molecule has 0 radical (unpaired) electrons. The summed E-state index contributed by atoms with van der Waals surface area (Å²) in [4.78, 5) is 8.54. The summed E-state index contributed by atoms with van der Waals surface area (Å²) in [7, 11) is 0. The number of unbranched alkanes of at least 4 members (excludes halogenated alkanes) is 2. The van der Waals surface area contributed by atoms with Crippen LogP contribution in [0.1, 0.15) is 53.4 Å². The lowest BCUT2D eigenvalue weighted by atomic mass is 9.87. The first kappa shape index (κ1) is 17.2. The molecular weight excluding hydrogens is 316 g/mol. The molecular formula is C15H27BrN4. The minimum Gasteiger partial charge on any atom is -0.369 e. The van der Waals surface area contributed by atoms with Gasteiger partial charge in [-0.2, -0.15) is 0 Å². The zero-order chi connectivity index (χ0) is 15.0. The van der Waals surface area contributed by atoms with E-state index in [0.29, 0.717) is 0 Å². The van der Waals surface area contributed by atoms with Crippen LogP contribution in [0.3, 0.4) is 0 Å². The van der Waals surface area contributed by atoms with Gasteiger partial charge < -0.3 is 10.6 Å². The highest BCUT2D eigenvalue weighted by atomic mass is 79.9. The number of nitrogens with one attached hydrogen (secondary N) is 2. The van der Waals surface area contributed by atoms with Crippen LogP contribution in [0.25, 0.3) is 0 Å². The Morgan fingerprint density at radius 1 is 1.10 bits per heavy atom. The highest BCUT2D eigenvalue weighted by Crippen LogP contribution is 2.29. The van der Waals surface area contributed by atoms with Gasteiger partial charge >= 0.3 is 0 Å². The van der Waals surface area contributed by atoms with E-state index in [4.69, 9.17) is 0 Å². The Morgan fingerprint density at radius 2 is 1.75 bits per heavy atom. The van der Waals surface area contributed by atoms with Crippen molar-refractivity contribution in [3.8, 4) is 0 Å². The molecule has 1 aromatic rings. The Morgan fingerprint density at radius 3 is 2.35 bits per heavy atom. The van der Waals surface area contributed by atoms with Crippen molar-refractivity contribution in [1.82, 2.24) is 9.97 Å². The maximum Gasteiger partial charge on any atom is 0.145 e. The Balaban J connectivity index is 2.58. The summed E-state index contributed by atoms with van der Waals surface area (Å²) < 4.78 is 0.909. The Labute approximate surface area is 131 Å². The van der Waals surface area contributed by atoms with Crippen molar-refractivity contribution >= 4 is 27.6 Å². The number of anilines is 2. The second kappa shape index (κ2) is 8.45. The van der Waals surface area contributed by atoms with Crippen LogP contribution >= 0.6 is 15.9 Å². The van der Waals surface area contributed by atoms with Gasteiger partial charge in [-0.1, -0.05) is 40.0 Å². The largest absolute Gasteiger partial charge is 0.369 e. The first-order valence-electron chi connectivity index (χ1n) is 7.48. The molecule has 0 fully saturated rings. The van der Waals surface area contributed by atoms with Gasteiger partial charge in [0.1, 0.15) is 22.4 Å². The normalized spacial score (nSPS) is 11.4. The van der Waals surface area contributed by atoms with E-state index >= 15 is 0 Å². The van der Waals surface area contributed by atoms with E-state index in [-0.39, 0.29) is 5.41 Å². The number of aromatic nitrogens is 2. The predicted molar refractivity (Wildman–Crippen MR) is 90.3 cm³/mol. The van der Waals surface area contributed by atoms with E-state index in [2.05, 4.69) is 64.2 Å². The van der Waals surface area contributed by atoms with Crippen LogP contribution < -0.4 is 10.6 Å². The first-order chi connectivity index (χ1) is 9.50. The minimum absolute atomic E-state index is 0.276. The van der Waals surface area contributed by atoms with Crippen molar-refractivity contribution in [2.24, 2.45) is 5.41 Å². The summed E-state index contributed by atoms with van der Waals surface area (Å²) in [6.45, 7) is 10.7. The lowest BCUT2D eigenvalue weighted by molar-refractivity contribution is 0.342. The number of nitrogens with zero attached hydrogens (tertiary/aromatic N) is 2. The Bertz CT molecular complexity index is 407. The molecule has 5 heteroatoms. The molecule has 114 valence electrons. The molecule has 0 aliphatic carbocycles. The molecule has 20 heavy (non-hydrogen) atoms. The van der Waals surface area contributed by atoms with Crippen molar-refractivity contribution in [1.29, 1.82) is 0 Å². The third-order valence-electron chi connectivity index (χ3n) is 3.33. The third kappa shape index (κ3) is 5.65. The maximum absolute atomic E-state index is 4.31. The van der Waals surface area contributed by atoms with Crippen LogP contribution in [0.2, 0.25) is 0 Å². The van der Waals surface area contributed by atoms with Gasteiger partial charge in [-0.25, -0.2) is 9.97 Å². The quantitative estimate of drug-likeness (QED) is 0.639. The van der Waals surface area contributed by atoms with Crippen LogP contribution in [-0.2, 0) is 0 Å². The van der Waals surface area contributed by atoms with Crippen molar-refractivity contribution in [2.75, 3.05) is 23.7 Å².